The van der Waals surface area contributed by atoms with Crippen LogP contribution in [0.3, 0.4) is 0 Å². The molecule has 0 saturated heterocycles. The third-order valence-corrected chi connectivity index (χ3v) is 3.51. The van der Waals surface area contributed by atoms with Crippen LogP contribution in [0.2, 0.25) is 0 Å². The molecule has 0 unspecified atom stereocenters. The van der Waals surface area contributed by atoms with Crippen LogP contribution in [0.15, 0.2) is 0 Å². The van der Waals surface area contributed by atoms with E-state index in [9.17, 15) is 8.42 Å². The summed E-state index contributed by atoms with van der Waals surface area (Å²) in [6, 6.07) is 0.592. The van der Waals surface area contributed by atoms with Crippen molar-refractivity contribution in [3.05, 3.63) is 0 Å². The maximum absolute atomic E-state index is 10.8. The molecule has 0 heterocycles. The molecule has 0 aromatic carbocycles. The van der Waals surface area contributed by atoms with Gasteiger partial charge >= 0.3 is 0 Å². The second-order valence-corrected chi connectivity index (χ2v) is 6.14. The lowest BCUT2D eigenvalue weighted by molar-refractivity contribution is 0.461. The number of hydrogen-bond acceptors (Lipinski definition) is 3. The second kappa shape index (κ2) is 6.45. The number of nitrogens with one attached hydrogen (secondary N) is 2. The molecule has 0 aromatic rings. The van der Waals surface area contributed by atoms with Gasteiger partial charge in [0, 0.05) is 19.1 Å². The molecule has 2 N–H and O–H groups in total. The second-order valence-electron chi connectivity index (χ2n) is 4.31. The summed E-state index contributed by atoms with van der Waals surface area (Å²) in [4.78, 5) is 0. The summed E-state index contributed by atoms with van der Waals surface area (Å²) >= 11 is 0. The van der Waals surface area contributed by atoms with Gasteiger partial charge in [-0.25, -0.2) is 13.1 Å². The van der Waals surface area contributed by atoms with Crippen molar-refractivity contribution in [1.29, 1.82) is 0 Å². The van der Waals surface area contributed by atoms with Crippen LogP contribution >= 0.6 is 0 Å². The monoisotopic (exact) mass is 234 g/mol. The smallest absolute Gasteiger partial charge is 0.208 e. The molecule has 90 valence electrons. The van der Waals surface area contributed by atoms with Crippen LogP contribution in [0.5, 0.6) is 0 Å². The van der Waals surface area contributed by atoms with Crippen LogP contribution in [0, 0.1) is 0 Å². The van der Waals surface area contributed by atoms with E-state index >= 15 is 0 Å². The molecule has 0 spiro atoms. The average molecular weight is 234 g/mol. The van der Waals surface area contributed by atoms with Gasteiger partial charge in [0.15, 0.2) is 0 Å². The summed E-state index contributed by atoms with van der Waals surface area (Å²) in [5.74, 6) is 0. The Morgan fingerprint density at radius 2 is 1.67 bits per heavy atom. The third kappa shape index (κ3) is 6.87. The molecule has 0 bridgehead atoms. The minimum atomic E-state index is -3.02. The Morgan fingerprint density at radius 3 is 2.20 bits per heavy atom. The fourth-order valence-corrected chi connectivity index (χ4v) is 2.47. The maximum atomic E-state index is 10.8. The largest absolute Gasteiger partial charge is 0.313 e. The fraction of sp³-hybridized carbons (Fsp3) is 1.00. The molecular formula is C10H22N2O2S. The van der Waals surface area contributed by atoms with Crippen molar-refractivity contribution < 1.29 is 8.42 Å². The van der Waals surface area contributed by atoms with Crippen molar-refractivity contribution in [2.45, 2.75) is 44.6 Å². The highest BCUT2D eigenvalue weighted by molar-refractivity contribution is 7.88. The lowest BCUT2D eigenvalue weighted by atomic mass is 10.1. The average Bonchev–Trinajstić information content (AvgIpc) is 2.39. The molecule has 1 fully saturated rings. The van der Waals surface area contributed by atoms with Crippen molar-refractivity contribution >= 4 is 10.0 Å². The molecule has 1 aliphatic rings. The van der Waals surface area contributed by atoms with Crippen molar-refractivity contribution in [2.24, 2.45) is 0 Å². The molecule has 1 aliphatic carbocycles. The Morgan fingerprint density at radius 1 is 1.07 bits per heavy atom. The molecule has 1 saturated carbocycles. The van der Waals surface area contributed by atoms with E-state index < -0.39 is 10.0 Å². The third-order valence-electron chi connectivity index (χ3n) is 2.78. The molecule has 0 aliphatic heterocycles. The zero-order chi connectivity index (χ0) is 11.1. The van der Waals surface area contributed by atoms with Gasteiger partial charge in [-0.1, -0.05) is 25.7 Å². The van der Waals surface area contributed by atoms with Crippen molar-refractivity contribution in [3.63, 3.8) is 0 Å². The zero-order valence-electron chi connectivity index (χ0n) is 9.46. The molecule has 15 heavy (non-hydrogen) atoms. The first-order valence-corrected chi connectivity index (χ1v) is 7.65. The van der Waals surface area contributed by atoms with E-state index in [2.05, 4.69) is 10.0 Å². The van der Waals surface area contributed by atoms with Gasteiger partial charge in [0.2, 0.25) is 10.0 Å². The minimum absolute atomic E-state index is 0.495. The fourth-order valence-electron chi connectivity index (χ4n) is 2.00. The summed E-state index contributed by atoms with van der Waals surface area (Å²) in [5.41, 5.74) is 0. The van der Waals surface area contributed by atoms with Crippen LogP contribution in [0.25, 0.3) is 0 Å². The van der Waals surface area contributed by atoms with Crippen molar-refractivity contribution in [2.75, 3.05) is 19.3 Å². The molecule has 0 atom stereocenters. The predicted molar refractivity (Wildman–Crippen MR) is 62.3 cm³/mol. The Balaban J connectivity index is 2.08. The van der Waals surface area contributed by atoms with Gasteiger partial charge in [-0.05, 0) is 12.8 Å². The highest BCUT2D eigenvalue weighted by Crippen LogP contribution is 2.16. The predicted octanol–water partition coefficient (Wildman–Crippen LogP) is 0.848. The first kappa shape index (κ1) is 12.9. The first-order chi connectivity index (χ1) is 7.08. The standard InChI is InChI=1S/C10H22N2O2S/c1-15(13,14)12-9-8-11-10-6-4-2-3-5-7-10/h10-12H,2-9H2,1H3. The van der Waals surface area contributed by atoms with Gasteiger partial charge in [0.25, 0.3) is 0 Å². The molecule has 0 aromatic heterocycles. The van der Waals surface area contributed by atoms with Gasteiger partial charge < -0.3 is 5.32 Å². The lowest BCUT2D eigenvalue weighted by Crippen LogP contribution is -2.36. The molecule has 0 radical (unpaired) electrons. The van der Waals surface area contributed by atoms with E-state index in [-0.39, 0.29) is 0 Å². The van der Waals surface area contributed by atoms with Gasteiger partial charge in [-0.3, -0.25) is 0 Å². The number of hydrogen-bond donors (Lipinski definition) is 2. The Bertz CT molecular complexity index is 257. The molecular weight excluding hydrogens is 212 g/mol. The summed E-state index contributed by atoms with van der Waals surface area (Å²) in [7, 11) is -3.02. The van der Waals surface area contributed by atoms with Crippen LogP contribution in [-0.4, -0.2) is 33.8 Å². The van der Waals surface area contributed by atoms with Crippen molar-refractivity contribution in [1.82, 2.24) is 10.0 Å². The molecule has 4 nitrogen and oxygen atoms in total. The van der Waals surface area contributed by atoms with Crippen LogP contribution in [0.1, 0.15) is 38.5 Å². The minimum Gasteiger partial charge on any atom is -0.313 e. The summed E-state index contributed by atoms with van der Waals surface area (Å²) in [6.45, 7) is 1.23. The van der Waals surface area contributed by atoms with Gasteiger partial charge in [-0.15, -0.1) is 0 Å². The summed E-state index contributed by atoms with van der Waals surface area (Å²) in [6.07, 6.45) is 8.96. The Kier molecular flexibility index (Phi) is 5.56. The van der Waals surface area contributed by atoms with E-state index in [1.807, 2.05) is 0 Å². The zero-order valence-corrected chi connectivity index (χ0v) is 10.3. The van der Waals surface area contributed by atoms with E-state index in [1.54, 1.807) is 0 Å². The molecule has 1 rings (SSSR count). The normalized spacial score (nSPS) is 20.1. The highest BCUT2D eigenvalue weighted by Gasteiger charge is 2.10. The van der Waals surface area contributed by atoms with Gasteiger partial charge in [0.1, 0.15) is 0 Å². The van der Waals surface area contributed by atoms with Gasteiger partial charge in [-0.2, -0.15) is 0 Å². The topological polar surface area (TPSA) is 58.2 Å². The quantitative estimate of drug-likeness (QED) is 0.547. The van der Waals surface area contributed by atoms with E-state index in [0.29, 0.717) is 12.6 Å². The van der Waals surface area contributed by atoms with Crippen LogP contribution in [0.4, 0.5) is 0 Å². The van der Waals surface area contributed by atoms with Crippen LogP contribution in [-0.2, 0) is 10.0 Å². The molecule has 0 amide bonds. The highest BCUT2D eigenvalue weighted by atomic mass is 32.2. The van der Waals surface area contributed by atoms with Crippen molar-refractivity contribution in [3.8, 4) is 0 Å². The number of rotatable bonds is 5. The first-order valence-electron chi connectivity index (χ1n) is 5.76. The van der Waals surface area contributed by atoms with Gasteiger partial charge in [0.05, 0.1) is 6.26 Å². The molecule has 5 heteroatoms. The summed E-state index contributed by atoms with van der Waals surface area (Å²) < 4.78 is 24.1. The number of sulfonamides is 1. The lowest BCUT2D eigenvalue weighted by Gasteiger charge is -2.15. The van der Waals surface area contributed by atoms with Crippen LogP contribution < -0.4 is 10.0 Å². The summed E-state index contributed by atoms with van der Waals surface area (Å²) in [5, 5.41) is 3.41. The van der Waals surface area contributed by atoms with E-state index in [1.165, 1.54) is 44.8 Å². The SMILES string of the molecule is CS(=O)(=O)NCCNC1CCCCCC1. The van der Waals surface area contributed by atoms with E-state index in [0.717, 1.165) is 6.54 Å². The Labute approximate surface area is 92.9 Å². The Hall–Kier alpha value is -0.130. The van der Waals surface area contributed by atoms with E-state index in [4.69, 9.17) is 0 Å². The maximum Gasteiger partial charge on any atom is 0.208 e.